The van der Waals surface area contributed by atoms with Crippen molar-refractivity contribution in [2.45, 2.75) is 22.1 Å². The number of piperazine rings is 1. The Labute approximate surface area is 184 Å². The number of nitrogens with one attached hydrogen (secondary N) is 1. The van der Waals surface area contributed by atoms with E-state index in [1.54, 1.807) is 19.1 Å². The quantitative estimate of drug-likeness (QED) is 0.616. The molecule has 1 aromatic heterocycles. The van der Waals surface area contributed by atoms with E-state index in [1.165, 1.54) is 22.3 Å². The summed E-state index contributed by atoms with van der Waals surface area (Å²) in [6.07, 6.45) is 1.37. The lowest BCUT2D eigenvalue weighted by Crippen LogP contribution is -2.47. The zero-order valence-electron chi connectivity index (χ0n) is 16.2. The fourth-order valence-electron chi connectivity index (χ4n) is 2.78. The minimum atomic E-state index is -3.54. The summed E-state index contributed by atoms with van der Waals surface area (Å²) >= 11 is 4.64. The van der Waals surface area contributed by atoms with Gasteiger partial charge in [-0.15, -0.1) is 0 Å². The number of sulfonamides is 1. The summed E-state index contributed by atoms with van der Waals surface area (Å²) in [5, 5.41) is 3.07. The highest BCUT2D eigenvalue weighted by Crippen LogP contribution is 2.25. The Hall–Kier alpha value is -1.46. The Bertz CT molecular complexity index is 944. The molecule has 1 fully saturated rings. The van der Waals surface area contributed by atoms with E-state index in [9.17, 15) is 13.2 Å². The van der Waals surface area contributed by atoms with Crippen LogP contribution in [0.25, 0.3) is 0 Å². The summed E-state index contributed by atoms with van der Waals surface area (Å²) in [4.78, 5) is 18.9. The maximum atomic E-state index is 12.8. The van der Waals surface area contributed by atoms with Crippen LogP contribution in [-0.2, 0) is 14.8 Å². The Kier molecular flexibility index (Phi) is 7.33. The molecule has 1 aliphatic heterocycles. The van der Waals surface area contributed by atoms with Crippen molar-refractivity contribution in [3.63, 3.8) is 0 Å². The van der Waals surface area contributed by atoms with Gasteiger partial charge in [-0.1, -0.05) is 27.7 Å². The molecule has 0 saturated carbocycles. The van der Waals surface area contributed by atoms with Gasteiger partial charge < -0.3 is 10.2 Å². The Morgan fingerprint density at radius 3 is 2.38 bits per heavy atom. The molecule has 2 aromatic rings. The average molecular weight is 499 g/mol. The van der Waals surface area contributed by atoms with Gasteiger partial charge in [0.25, 0.3) is 0 Å². The molecule has 10 heteroatoms. The lowest BCUT2D eigenvalue weighted by molar-refractivity contribution is -0.115. The van der Waals surface area contributed by atoms with Crippen LogP contribution in [0, 0.1) is 0 Å². The van der Waals surface area contributed by atoms with Gasteiger partial charge >= 0.3 is 0 Å². The molecule has 0 spiro atoms. The highest BCUT2D eigenvalue weighted by atomic mass is 79.9. The van der Waals surface area contributed by atoms with E-state index in [-0.39, 0.29) is 16.1 Å². The van der Waals surface area contributed by atoms with E-state index in [0.717, 1.165) is 4.47 Å². The molecular weight excluding hydrogens is 476 g/mol. The first-order valence-corrected chi connectivity index (χ1v) is 12.2. The second kappa shape index (κ2) is 9.57. The number of nitrogens with zero attached hydrogens (tertiary/aromatic N) is 3. The summed E-state index contributed by atoms with van der Waals surface area (Å²) in [6.45, 7) is 4.16. The predicted octanol–water partition coefficient (Wildman–Crippen LogP) is 2.90. The highest BCUT2D eigenvalue weighted by Gasteiger charge is 2.27. The second-order valence-electron chi connectivity index (χ2n) is 6.80. The summed E-state index contributed by atoms with van der Waals surface area (Å²) in [7, 11) is -1.56. The SMILES string of the molecule is C[C@@H](Sc1ccc(S(=O)(=O)N2CCN(C)CC2)cn1)C(=O)Nc1ccc(Br)cc1. The maximum absolute atomic E-state index is 12.8. The summed E-state index contributed by atoms with van der Waals surface area (Å²) in [5.74, 6) is -0.145. The van der Waals surface area contributed by atoms with Crippen LogP contribution in [0.5, 0.6) is 0 Å². The number of amides is 1. The molecule has 156 valence electrons. The number of carbonyl (C=O) groups excluding carboxylic acids is 1. The minimum Gasteiger partial charge on any atom is -0.325 e. The fraction of sp³-hybridized carbons (Fsp3) is 0.368. The van der Waals surface area contributed by atoms with E-state index in [0.29, 0.717) is 36.9 Å². The number of thioether (sulfide) groups is 1. The molecule has 1 aliphatic rings. The van der Waals surface area contributed by atoms with Crippen molar-refractivity contribution < 1.29 is 13.2 Å². The van der Waals surface area contributed by atoms with E-state index in [1.807, 2.05) is 31.3 Å². The van der Waals surface area contributed by atoms with E-state index in [2.05, 4.69) is 31.1 Å². The number of aromatic nitrogens is 1. The molecule has 1 saturated heterocycles. The summed E-state index contributed by atoms with van der Waals surface area (Å²) in [6, 6.07) is 10.5. The van der Waals surface area contributed by atoms with Crippen molar-refractivity contribution >= 4 is 49.3 Å². The number of carbonyl (C=O) groups is 1. The topological polar surface area (TPSA) is 82.6 Å². The van der Waals surface area contributed by atoms with Crippen LogP contribution in [0.15, 0.2) is 57.0 Å². The molecule has 2 heterocycles. The maximum Gasteiger partial charge on any atom is 0.244 e. The summed E-state index contributed by atoms with van der Waals surface area (Å²) < 4.78 is 27.9. The lowest BCUT2D eigenvalue weighted by atomic mass is 10.3. The van der Waals surface area contributed by atoms with Crippen molar-refractivity contribution in [2.24, 2.45) is 0 Å². The van der Waals surface area contributed by atoms with Gasteiger partial charge in [-0.05, 0) is 50.4 Å². The minimum absolute atomic E-state index is 0.145. The van der Waals surface area contributed by atoms with Crippen LogP contribution in [0.3, 0.4) is 0 Å². The van der Waals surface area contributed by atoms with Gasteiger partial charge in [-0.2, -0.15) is 4.31 Å². The fourth-order valence-corrected chi connectivity index (χ4v) is 5.20. The largest absolute Gasteiger partial charge is 0.325 e. The molecular formula is C19H23BrN4O3S2. The average Bonchev–Trinajstić information content (AvgIpc) is 2.70. The molecule has 1 atom stereocenters. The number of benzene rings is 1. The van der Waals surface area contributed by atoms with Crippen molar-refractivity contribution in [1.29, 1.82) is 0 Å². The second-order valence-corrected chi connectivity index (χ2v) is 11.0. The Balaban J connectivity index is 1.60. The first kappa shape index (κ1) is 22.2. The summed E-state index contributed by atoms with van der Waals surface area (Å²) in [5.41, 5.74) is 0.715. The first-order chi connectivity index (χ1) is 13.8. The number of halogens is 1. The third kappa shape index (κ3) is 5.79. The molecule has 1 amide bonds. The highest BCUT2D eigenvalue weighted by molar-refractivity contribution is 9.10. The number of anilines is 1. The number of hydrogen-bond acceptors (Lipinski definition) is 6. The normalized spacial score (nSPS) is 17.1. The Morgan fingerprint density at radius 2 is 1.79 bits per heavy atom. The standard InChI is InChI=1S/C19H23BrN4O3S2/c1-14(19(25)22-16-5-3-15(20)4-6-16)28-18-8-7-17(13-21-18)29(26,27)24-11-9-23(2)10-12-24/h3-8,13-14H,9-12H2,1-2H3,(H,22,25)/t14-/m1/s1. The van der Waals surface area contributed by atoms with E-state index < -0.39 is 10.0 Å². The van der Waals surface area contributed by atoms with E-state index >= 15 is 0 Å². The third-order valence-corrected chi connectivity index (χ3v) is 8.05. The van der Waals surface area contributed by atoms with Crippen LogP contribution in [0.1, 0.15) is 6.92 Å². The van der Waals surface area contributed by atoms with Gasteiger partial charge in [0, 0.05) is 42.5 Å². The smallest absolute Gasteiger partial charge is 0.244 e. The molecule has 0 aliphatic carbocycles. The van der Waals surface area contributed by atoms with Gasteiger partial charge in [-0.3, -0.25) is 4.79 Å². The number of likely N-dealkylation sites (N-methyl/N-ethyl adjacent to an activating group) is 1. The molecule has 7 nitrogen and oxygen atoms in total. The molecule has 0 bridgehead atoms. The first-order valence-electron chi connectivity index (χ1n) is 9.13. The zero-order valence-corrected chi connectivity index (χ0v) is 19.4. The molecule has 0 radical (unpaired) electrons. The van der Waals surface area contributed by atoms with Gasteiger partial charge in [0.2, 0.25) is 15.9 Å². The number of pyridine rings is 1. The third-order valence-electron chi connectivity index (χ3n) is 4.59. The van der Waals surface area contributed by atoms with Crippen molar-refractivity contribution in [2.75, 3.05) is 38.5 Å². The van der Waals surface area contributed by atoms with Crippen molar-refractivity contribution in [3.05, 3.63) is 47.1 Å². The van der Waals surface area contributed by atoms with Crippen LogP contribution < -0.4 is 5.32 Å². The molecule has 1 N–H and O–H groups in total. The van der Waals surface area contributed by atoms with E-state index in [4.69, 9.17) is 0 Å². The van der Waals surface area contributed by atoms with Crippen LogP contribution in [-0.4, -0.2) is 67.0 Å². The number of rotatable bonds is 6. The van der Waals surface area contributed by atoms with Crippen LogP contribution in [0.4, 0.5) is 5.69 Å². The molecule has 1 aromatic carbocycles. The predicted molar refractivity (Wildman–Crippen MR) is 119 cm³/mol. The monoisotopic (exact) mass is 498 g/mol. The van der Waals surface area contributed by atoms with Gasteiger partial charge in [-0.25, -0.2) is 13.4 Å². The zero-order chi connectivity index (χ0) is 21.0. The van der Waals surface area contributed by atoms with Gasteiger partial charge in [0.05, 0.1) is 10.3 Å². The molecule has 0 unspecified atom stereocenters. The van der Waals surface area contributed by atoms with Crippen molar-refractivity contribution in [3.8, 4) is 0 Å². The van der Waals surface area contributed by atoms with Crippen LogP contribution >= 0.6 is 27.7 Å². The van der Waals surface area contributed by atoms with Gasteiger partial charge in [0.15, 0.2) is 0 Å². The molecule has 29 heavy (non-hydrogen) atoms. The number of hydrogen-bond donors (Lipinski definition) is 1. The Morgan fingerprint density at radius 1 is 1.14 bits per heavy atom. The van der Waals surface area contributed by atoms with Gasteiger partial charge in [0.1, 0.15) is 4.90 Å². The van der Waals surface area contributed by atoms with Crippen molar-refractivity contribution in [1.82, 2.24) is 14.2 Å². The molecule has 3 rings (SSSR count). The van der Waals surface area contributed by atoms with Crippen LogP contribution in [0.2, 0.25) is 0 Å². The lowest BCUT2D eigenvalue weighted by Gasteiger charge is -2.31.